The molecule has 2 saturated heterocycles. The molecule has 25 heavy (non-hydrogen) atoms. The summed E-state index contributed by atoms with van der Waals surface area (Å²) in [5, 5.41) is 0. The number of ether oxygens (including phenoxy) is 2. The maximum Gasteiger partial charge on any atom is 0.225 e. The molecule has 3 fully saturated rings. The SMILES string of the molecule is Cc1cccc(OC2CCOC3(CCN(C(=O)C4CCC4)CC3)C2)n1. The molecule has 5 nitrogen and oxygen atoms in total. The molecule has 1 aromatic heterocycles. The molecule has 1 aliphatic carbocycles. The number of amides is 1. The Labute approximate surface area is 149 Å². The fraction of sp³-hybridized carbons (Fsp3) is 0.700. The molecule has 136 valence electrons. The lowest BCUT2D eigenvalue weighted by Crippen LogP contribution is -2.53. The molecule has 2 aliphatic heterocycles. The van der Waals surface area contributed by atoms with Crippen molar-refractivity contribution in [2.24, 2.45) is 5.92 Å². The van der Waals surface area contributed by atoms with E-state index in [1.807, 2.05) is 25.1 Å². The first-order valence-corrected chi connectivity index (χ1v) is 9.67. The summed E-state index contributed by atoms with van der Waals surface area (Å²) in [6.07, 6.45) is 7.17. The summed E-state index contributed by atoms with van der Waals surface area (Å²) in [6.45, 7) is 4.36. The van der Waals surface area contributed by atoms with E-state index >= 15 is 0 Å². The molecule has 0 radical (unpaired) electrons. The third kappa shape index (κ3) is 3.66. The Morgan fingerprint density at radius 3 is 2.76 bits per heavy atom. The van der Waals surface area contributed by atoms with Crippen molar-refractivity contribution in [1.29, 1.82) is 0 Å². The number of hydrogen-bond donors (Lipinski definition) is 0. The van der Waals surface area contributed by atoms with Gasteiger partial charge in [0.2, 0.25) is 11.8 Å². The first kappa shape index (κ1) is 16.8. The molecular weight excluding hydrogens is 316 g/mol. The molecule has 5 heteroatoms. The van der Waals surface area contributed by atoms with Gasteiger partial charge in [0, 0.05) is 43.6 Å². The number of nitrogens with zero attached hydrogens (tertiary/aromatic N) is 2. The lowest BCUT2D eigenvalue weighted by atomic mass is 9.81. The molecule has 3 heterocycles. The molecule has 1 saturated carbocycles. The molecule has 3 aliphatic rings. The van der Waals surface area contributed by atoms with Crippen LogP contribution < -0.4 is 4.74 Å². The van der Waals surface area contributed by atoms with Gasteiger partial charge >= 0.3 is 0 Å². The van der Waals surface area contributed by atoms with E-state index in [0.717, 1.165) is 63.9 Å². The molecule has 1 aromatic rings. The van der Waals surface area contributed by atoms with Crippen LogP contribution in [-0.2, 0) is 9.53 Å². The van der Waals surface area contributed by atoms with E-state index in [2.05, 4.69) is 9.88 Å². The largest absolute Gasteiger partial charge is 0.474 e. The van der Waals surface area contributed by atoms with Crippen LogP contribution in [0, 0.1) is 12.8 Å². The second-order valence-corrected chi connectivity index (χ2v) is 7.83. The second kappa shape index (κ2) is 6.94. The van der Waals surface area contributed by atoms with E-state index in [1.54, 1.807) is 0 Å². The lowest BCUT2D eigenvalue weighted by molar-refractivity contribution is -0.156. The highest BCUT2D eigenvalue weighted by Crippen LogP contribution is 2.37. The van der Waals surface area contributed by atoms with Crippen molar-refractivity contribution in [3.63, 3.8) is 0 Å². The average molecular weight is 344 g/mol. The van der Waals surface area contributed by atoms with Crippen molar-refractivity contribution in [2.75, 3.05) is 19.7 Å². The third-order valence-electron chi connectivity index (χ3n) is 6.04. The number of rotatable bonds is 3. The van der Waals surface area contributed by atoms with Crippen molar-refractivity contribution < 1.29 is 14.3 Å². The first-order chi connectivity index (χ1) is 12.1. The van der Waals surface area contributed by atoms with Gasteiger partial charge in [-0.05, 0) is 38.7 Å². The van der Waals surface area contributed by atoms with Crippen LogP contribution in [0.5, 0.6) is 5.88 Å². The van der Waals surface area contributed by atoms with Gasteiger partial charge in [0.15, 0.2) is 0 Å². The zero-order valence-electron chi connectivity index (χ0n) is 15.1. The van der Waals surface area contributed by atoms with Crippen LogP contribution in [0.3, 0.4) is 0 Å². The number of pyridine rings is 1. The number of piperidine rings is 1. The number of hydrogen-bond acceptors (Lipinski definition) is 4. The zero-order valence-corrected chi connectivity index (χ0v) is 15.1. The molecule has 4 rings (SSSR count). The number of carbonyl (C=O) groups excluding carboxylic acids is 1. The summed E-state index contributed by atoms with van der Waals surface area (Å²) in [5.41, 5.74) is 0.852. The zero-order chi connectivity index (χ0) is 17.3. The summed E-state index contributed by atoms with van der Waals surface area (Å²) in [6, 6.07) is 5.89. The highest BCUT2D eigenvalue weighted by atomic mass is 16.5. The van der Waals surface area contributed by atoms with Crippen molar-refractivity contribution in [2.45, 2.75) is 63.6 Å². The summed E-state index contributed by atoms with van der Waals surface area (Å²) >= 11 is 0. The number of aryl methyl sites for hydroxylation is 1. The minimum atomic E-state index is -0.122. The number of likely N-dealkylation sites (tertiary alicyclic amines) is 1. The van der Waals surface area contributed by atoms with Crippen molar-refractivity contribution in [1.82, 2.24) is 9.88 Å². The quantitative estimate of drug-likeness (QED) is 0.845. The van der Waals surface area contributed by atoms with Crippen LogP contribution in [0.2, 0.25) is 0 Å². The number of aromatic nitrogens is 1. The van der Waals surface area contributed by atoms with Gasteiger partial charge < -0.3 is 14.4 Å². The normalized spacial score (nSPS) is 26.3. The summed E-state index contributed by atoms with van der Waals surface area (Å²) in [5.74, 6) is 1.37. The average Bonchev–Trinajstić information content (AvgIpc) is 2.54. The van der Waals surface area contributed by atoms with Crippen LogP contribution in [0.4, 0.5) is 0 Å². The van der Waals surface area contributed by atoms with Gasteiger partial charge in [0.05, 0.1) is 12.2 Å². The highest BCUT2D eigenvalue weighted by molar-refractivity contribution is 5.79. The standard InChI is InChI=1S/C20H28N2O3/c1-15-4-2-7-18(21-15)25-17-8-13-24-20(14-17)9-11-22(12-10-20)19(23)16-5-3-6-16/h2,4,7,16-17H,3,5-6,8-14H2,1H3. The van der Waals surface area contributed by atoms with E-state index in [0.29, 0.717) is 17.7 Å². The van der Waals surface area contributed by atoms with Gasteiger partial charge in [-0.3, -0.25) is 4.79 Å². The second-order valence-electron chi connectivity index (χ2n) is 7.83. The summed E-state index contributed by atoms with van der Waals surface area (Å²) in [4.78, 5) is 19.0. The minimum Gasteiger partial charge on any atom is -0.474 e. The van der Waals surface area contributed by atoms with E-state index in [1.165, 1.54) is 6.42 Å². The smallest absolute Gasteiger partial charge is 0.225 e. The van der Waals surface area contributed by atoms with E-state index in [4.69, 9.17) is 9.47 Å². The Hall–Kier alpha value is -1.62. The summed E-state index contributed by atoms with van der Waals surface area (Å²) < 4.78 is 12.3. The third-order valence-corrected chi connectivity index (χ3v) is 6.04. The van der Waals surface area contributed by atoms with Gasteiger partial charge in [-0.15, -0.1) is 0 Å². The van der Waals surface area contributed by atoms with Gasteiger partial charge in [-0.25, -0.2) is 4.98 Å². The van der Waals surface area contributed by atoms with E-state index < -0.39 is 0 Å². The molecule has 1 spiro atoms. The Balaban J connectivity index is 1.34. The Morgan fingerprint density at radius 2 is 2.08 bits per heavy atom. The fourth-order valence-corrected chi connectivity index (χ4v) is 4.23. The van der Waals surface area contributed by atoms with Crippen LogP contribution >= 0.6 is 0 Å². The van der Waals surface area contributed by atoms with Gasteiger partial charge in [0.1, 0.15) is 6.10 Å². The monoisotopic (exact) mass is 344 g/mol. The van der Waals surface area contributed by atoms with Crippen molar-refractivity contribution >= 4 is 5.91 Å². The molecular formula is C20H28N2O3. The highest BCUT2D eigenvalue weighted by Gasteiger charge is 2.43. The minimum absolute atomic E-state index is 0.122. The predicted molar refractivity (Wildman–Crippen MR) is 94.5 cm³/mol. The van der Waals surface area contributed by atoms with Gasteiger partial charge in [0.25, 0.3) is 0 Å². The Bertz CT molecular complexity index is 621. The van der Waals surface area contributed by atoms with Crippen molar-refractivity contribution in [3.05, 3.63) is 23.9 Å². The molecule has 1 unspecified atom stereocenters. The maximum atomic E-state index is 12.4. The fourth-order valence-electron chi connectivity index (χ4n) is 4.23. The number of carbonyl (C=O) groups is 1. The molecule has 0 aromatic carbocycles. The first-order valence-electron chi connectivity index (χ1n) is 9.67. The molecule has 0 bridgehead atoms. The Kier molecular flexibility index (Phi) is 4.67. The Morgan fingerprint density at radius 1 is 1.28 bits per heavy atom. The summed E-state index contributed by atoms with van der Waals surface area (Å²) in [7, 11) is 0. The van der Waals surface area contributed by atoms with Crippen molar-refractivity contribution in [3.8, 4) is 5.88 Å². The maximum absolute atomic E-state index is 12.4. The lowest BCUT2D eigenvalue weighted by Gasteiger charge is -2.46. The van der Waals surface area contributed by atoms with Crippen LogP contribution in [0.15, 0.2) is 18.2 Å². The molecule has 1 atom stereocenters. The van der Waals surface area contributed by atoms with E-state index in [9.17, 15) is 4.79 Å². The molecule has 1 amide bonds. The van der Waals surface area contributed by atoms with Gasteiger partial charge in [-0.1, -0.05) is 12.5 Å². The topological polar surface area (TPSA) is 51.7 Å². The van der Waals surface area contributed by atoms with E-state index in [-0.39, 0.29) is 11.7 Å². The van der Waals surface area contributed by atoms with Crippen LogP contribution in [0.25, 0.3) is 0 Å². The molecule has 0 N–H and O–H groups in total. The predicted octanol–water partition coefficient (Wildman–Crippen LogP) is 3.11. The van der Waals surface area contributed by atoms with Crippen LogP contribution in [-0.4, -0.2) is 47.2 Å². The van der Waals surface area contributed by atoms with Crippen LogP contribution in [0.1, 0.15) is 50.6 Å². The van der Waals surface area contributed by atoms with Gasteiger partial charge in [-0.2, -0.15) is 0 Å².